The number of pyridine rings is 1. The number of nitrogen functional groups attached to an aromatic ring is 1. The first-order chi connectivity index (χ1) is 7.29. The fourth-order valence-corrected chi connectivity index (χ4v) is 2.20. The minimum Gasteiger partial charge on any atom is -0.398 e. The quantitative estimate of drug-likeness (QED) is 0.753. The predicted octanol–water partition coefficient (Wildman–Crippen LogP) is 2.43. The van der Waals surface area contributed by atoms with E-state index in [1.165, 1.54) is 6.42 Å². The van der Waals surface area contributed by atoms with E-state index in [0.29, 0.717) is 11.3 Å². The molecule has 2 N–H and O–H groups in total. The molecule has 0 radical (unpaired) electrons. The smallest absolute Gasteiger partial charge is 0.169 e. The van der Waals surface area contributed by atoms with E-state index in [1.54, 1.807) is 18.5 Å². The Morgan fingerprint density at radius 3 is 2.73 bits per heavy atom. The van der Waals surface area contributed by atoms with Gasteiger partial charge in [-0.25, -0.2) is 0 Å². The number of aromatic nitrogens is 1. The van der Waals surface area contributed by atoms with Crippen molar-refractivity contribution in [1.29, 1.82) is 0 Å². The molecule has 0 spiro atoms. The van der Waals surface area contributed by atoms with Crippen molar-refractivity contribution in [3.8, 4) is 0 Å². The predicted molar refractivity (Wildman–Crippen MR) is 59.6 cm³/mol. The van der Waals surface area contributed by atoms with Crippen molar-refractivity contribution < 1.29 is 4.79 Å². The second kappa shape index (κ2) is 4.43. The van der Waals surface area contributed by atoms with Crippen molar-refractivity contribution in [3.05, 3.63) is 24.0 Å². The lowest BCUT2D eigenvalue weighted by Crippen LogP contribution is -2.19. The van der Waals surface area contributed by atoms with Crippen LogP contribution in [0.5, 0.6) is 0 Å². The van der Waals surface area contributed by atoms with Crippen molar-refractivity contribution in [2.24, 2.45) is 5.92 Å². The van der Waals surface area contributed by atoms with Gasteiger partial charge in [-0.05, 0) is 18.9 Å². The molecule has 1 fully saturated rings. The number of hydrogen-bond acceptors (Lipinski definition) is 3. The van der Waals surface area contributed by atoms with Crippen LogP contribution in [0, 0.1) is 5.92 Å². The third-order valence-corrected chi connectivity index (χ3v) is 3.10. The van der Waals surface area contributed by atoms with E-state index in [-0.39, 0.29) is 11.7 Å². The van der Waals surface area contributed by atoms with Crippen LogP contribution in [0.3, 0.4) is 0 Å². The van der Waals surface area contributed by atoms with Crippen LogP contribution in [0.25, 0.3) is 0 Å². The second-order valence-corrected chi connectivity index (χ2v) is 4.16. The van der Waals surface area contributed by atoms with Crippen LogP contribution >= 0.6 is 0 Å². The maximum atomic E-state index is 12.1. The van der Waals surface area contributed by atoms with Crippen LogP contribution in [0.2, 0.25) is 0 Å². The molecule has 0 atom stereocenters. The van der Waals surface area contributed by atoms with E-state index in [1.807, 2.05) is 0 Å². The molecule has 3 heteroatoms. The van der Waals surface area contributed by atoms with Gasteiger partial charge in [-0.2, -0.15) is 0 Å². The molecule has 1 saturated carbocycles. The number of carbonyl (C=O) groups is 1. The van der Waals surface area contributed by atoms with Crippen molar-refractivity contribution in [2.45, 2.75) is 32.1 Å². The summed E-state index contributed by atoms with van der Waals surface area (Å²) in [7, 11) is 0. The minimum absolute atomic E-state index is 0.172. The summed E-state index contributed by atoms with van der Waals surface area (Å²) >= 11 is 0. The molecule has 3 nitrogen and oxygen atoms in total. The average Bonchev–Trinajstić information content (AvgIpc) is 2.30. The maximum Gasteiger partial charge on any atom is 0.169 e. The summed E-state index contributed by atoms with van der Waals surface area (Å²) in [6.45, 7) is 0. The largest absolute Gasteiger partial charge is 0.398 e. The molecule has 0 amide bonds. The summed E-state index contributed by atoms with van der Waals surface area (Å²) in [6, 6.07) is 1.69. The summed E-state index contributed by atoms with van der Waals surface area (Å²) in [5.41, 5.74) is 6.92. The highest BCUT2D eigenvalue weighted by Crippen LogP contribution is 2.28. The number of rotatable bonds is 2. The van der Waals surface area contributed by atoms with Gasteiger partial charge in [-0.15, -0.1) is 0 Å². The fourth-order valence-electron chi connectivity index (χ4n) is 2.20. The zero-order chi connectivity index (χ0) is 10.7. The molecule has 0 bridgehead atoms. The Morgan fingerprint density at radius 1 is 1.33 bits per heavy atom. The van der Waals surface area contributed by atoms with Crippen LogP contribution in [0.4, 0.5) is 5.69 Å². The Bertz CT molecular complexity index is 356. The first-order valence-electron chi connectivity index (χ1n) is 5.53. The summed E-state index contributed by atoms with van der Waals surface area (Å²) in [4.78, 5) is 16.1. The molecule has 1 aromatic heterocycles. The van der Waals surface area contributed by atoms with Gasteiger partial charge in [0, 0.05) is 24.0 Å². The van der Waals surface area contributed by atoms with E-state index >= 15 is 0 Å². The number of anilines is 1. The standard InChI is InChI=1S/C12H16N2O/c13-11-6-7-14-8-10(11)12(15)9-4-2-1-3-5-9/h6-9H,1-5H2,(H2,13,14). The van der Waals surface area contributed by atoms with Gasteiger partial charge in [0.1, 0.15) is 0 Å². The summed E-state index contributed by atoms with van der Waals surface area (Å²) in [6.07, 6.45) is 8.80. The van der Waals surface area contributed by atoms with E-state index in [9.17, 15) is 4.79 Å². The highest BCUT2D eigenvalue weighted by atomic mass is 16.1. The lowest BCUT2D eigenvalue weighted by Gasteiger charge is -2.20. The minimum atomic E-state index is 0.172. The Labute approximate surface area is 89.7 Å². The maximum absolute atomic E-state index is 12.1. The number of carbonyl (C=O) groups excluding carboxylic acids is 1. The molecule has 0 aromatic carbocycles. The van der Waals surface area contributed by atoms with Crippen molar-refractivity contribution >= 4 is 11.5 Å². The van der Waals surface area contributed by atoms with Crippen LogP contribution in [0.1, 0.15) is 42.5 Å². The highest BCUT2D eigenvalue weighted by Gasteiger charge is 2.23. The molecule has 1 aliphatic rings. The molecule has 0 saturated heterocycles. The molecule has 1 heterocycles. The molecule has 1 aliphatic carbocycles. The molecule has 2 rings (SSSR count). The first-order valence-corrected chi connectivity index (χ1v) is 5.53. The van der Waals surface area contributed by atoms with Gasteiger partial charge < -0.3 is 5.73 Å². The monoisotopic (exact) mass is 204 g/mol. The average molecular weight is 204 g/mol. The SMILES string of the molecule is Nc1ccncc1C(=O)C1CCCCC1. The summed E-state index contributed by atoms with van der Waals surface area (Å²) < 4.78 is 0. The Kier molecular flexibility index (Phi) is 2.99. The molecule has 15 heavy (non-hydrogen) atoms. The topological polar surface area (TPSA) is 56.0 Å². The summed E-state index contributed by atoms with van der Waals surface area (Å²) in [5.74, 6) is 0.352. The van der Waals surface area contributed by atoms with Crippen molar-refractivity contribution in [3.63, 3.8) is 0 Å². The van der Waals surface area contributed by atoms with E-state index in [4.69, 9.17) is 5.73 Å². The number of Topliss-reactive ketones (excluding diaryl/α,β-unsaturated/α-hetero) is 1. The van der Waals surface area contributed by atoms with Gasteiger partial charge in [-0.1, -0.05) is 19.3 Å². The molecule has 1 aromatic rings. The van der Waals surface area contributed by atoms with Crippen LogP contribution in [-0.2, 0) is 0 Å². The molecule has 0 aliphatic heterocycles. The molecular weight excluding hydrogens is 188 g/mol. The van der Waals surface area contributed by atoms with Crippen LogP contribution < -0.4 is 5.73 Å². The summed E-state index contributed by atoms with van der Waals surface area (Å²) in [5, 5.41) is 0. The molecular formula is C12H16N2O. The van der Waals surface area contributed by atoms with Gasteiger partial charge in [-0.3, -0.25) is 9.78 Å². The Hall–Kier alpha value is -1.38. The van der Waals surface area contributed by atoms with E-state index in [2.05, 4.69) is 4.98 Å². The second-order valence-electron chi connectivity index (χ2n) is 4.16. The van der Waals surface area contributed by atoms with Crippen LogP contribution in [-0.4, -0.2) is 10.8 Å². The Balaban J connectivity index is 2.16. The van der Waals surface area contributed by atoms with Gasteiger partial charge >= 0.3 is 0 Å². The molecule has 80 valence electrons. The number of nitrogens with two attached hydrogens (primary N) is 1. The van der Waals surface area contributed by atoms with E-state index < -0.39 is 0 Å². The van der Waals surface area contributed by atoms with Crippen LogP contribution in [0.15, 0.2) is 18.5 Å². The van der Waals surface area contributed by atoms with Crippen molar-refractivity contribution in [2.75, 3.05) is 5.73 Å². The fraction of sp³-hybridized carbons (Fsp3) is 0.500. The zero-order valence-corrected chi connectivity index (χ0v) is 8.78. The number of hydrogen-bond donors (Lipinski definition) is 1. The first kappa shape index (κ1) is 10.1. The normalized spacial score (nSPS) is 17.6. The third-order valence-electron chi connectivity index (χ3n) is 3.10. The van der Waals surface area contributed by atoms with Gasteiger partial charge in [0.25, 0.3) is 0 Å². The highest BCUT2D eigenvalue weighted by molar-refractivity contribution is 6.01. The lowest BCUT2D eigenvalue weighted by molar-refractivity contribution is 0.0890. The van der Waals surface area contributed by atoms with Gasteiger partial charge in [0.05, 0.1) is 5.56 Å². The van der Waals surface area contributed by atoms with E-state index in [0.717, 1.165) is 25.7 Å². The number of ketones is 1. The number of nitrogens with zero attached hydrogens (tertiary/aromatic N) is 1. The van der Waals surface area contributed by atoms with Crippen molar-refractivity contribution in [1.82, 2.24) is 4.98 Å². The Morgan fingerprint density at radius 2 is 2.07 bits per heavy atom. The zero-order valence-electron chi connectivity index (χ0n) is 8.78. The third kappa shape index (κ3) is 2.17. The molecule has 0 unspecified atom stereocenters. The van der Waals surface area contributed by atoms with Gasteiger partial charge in [0.15, 0.2) is 5.78 Å². The van der Waals surface area contributed by atoms with Gasteiger partial charge in [0.2, 0.25) is 0 Å². The lowest BCUT2D eigenvalue weighted by atomic mass is 9.84.